The third-order valence-electron chi connectivity index (χ3n) is 4.55. The molecule has 3 aromatic rings. The molecule has 4 rings (SSSR count). The first-order valence-electron chi connectivity index (χ1n) is 8.65. The summed E-state index contributed by atoms with van der Waals surface area (Å²) in [6.07, 6.45) is 3.73. The number of methoxy groups -OCH3 is 1. The Bertz CT molecular complexity index is 917. The van der Waals surface area contributed by atoms with E-state index in [0.717, 1.165) is 52.3 Å². The molecule has 1 aliphatic rings. The standard InChI is InChI=1S/C19H20N4O2S/c1-25-14-6-4-13(5-7-14)16-10-15-18(26-16)19(22-12-21-15)20-11-17(24)23-8-2-3-9-23/h4-7,10,12H,2-3,8-9,11H2,1H3,(H,20,21,22). The van der Waals surface area contributed by atoms with E-state index in [9.17, 15) is 4.79 Å². The maximum Gasteiger partial charge on any atom is 0.241 e. The van der Waals surface area contributed by atoms with E-state index >= 15 is 0 Å². The summed E-state index contributed by atoms with van der Waals surface area (Å²) in [5.74, 6) is 1.67. The van der Waals surface area contributed by atoms with Crippen molar-refractivity contribution in [3.05, 3.63) is 36.7 Å². The van der Waals surface area contributed by atoms with Crippen LogP contribution in [0.4, 0.5) is 5.82 Å². The van der Waals surface area contributed by atoms with Crippen LogP contribution in [0.2, 0.25) is 0 Å². The van der Waals surface area contributed by atoms with Crippen LogP contribution in [0.3, 0.4) is 0 Å². The number of anilines is 1. The molecule has 134 valence electrons. The lowest BCUT2D eigenvalue weighted by atomic mass is 10.2. The number of thiophene rings is 1. The molecule has 0 saturated carbocycles. The monoisotopic (exact) mass is 368 g/mol. The van der Waals surface area contributed by atoms with Crippen molar-refractivity contribution in [1.29, 1.82) is 0 Å². The molecule has 0 radical (unpaired) electrons. The highest BCUT2D eigenvalue weighted by Gasteiger charge is 2.18. The molecule has 0 bridgehead atoms. The smallest absolute Gasteiger partial charge is 0.241 e. The van der Waals surface area contributed by atoms with Crippen molar-refractivity contribution in [1.82, 2.24) is 14.9 Å². The molecule has 0 aliphatic carbocycles. The Labute approximate surface area is 155 Å². The number of nitrogens with one attached hydrogen (secondary N) is 1. The number of likely N-dealkylation sites (tertiary alicyclic amines) is 1. The van der Waals surface area contributed by atoms with E-state index in [0.29, 0.717) is 5.82 Å². The molecular formula is C19H20N4O2S. The summed E-state index contributed by atoms with van der Waals surface area (Å²) < 4.78 is 6.18. The number of amides is 1. The number of carbonyl (C=O) groups excluding carboxylic acids is 1. The van der Waals surface area contributed by atoms with Gasteiger partial charge in [0.15, 0.2) is 0 Å². The van der Waals surface area contributed by atoms with Crippen molar-refractivity contribution >= 4 is 33.3 Å². The highest BCUT2D eigenvalue weighted by Crippen LogP contribution is 2.36. The Balaban J connectivity index is 1.55. The zero-order chi connectivity index (χ0) is 17.9. The molecule has 0 unspecified atom stereocenters. The Morgan fingerprint density at radius 3 is 2.73 bits per heavy atom. The minimum absolute atomic E-state index is 0.126. The van der Waals surface area contributed by atoms with E-state index in [-0.39, 0.29) is 12.5 Å². The summed E-state index contributed by atoms with van der Waals surface area (Å²) in [7, 11) is 1.66. The van der Waals surface area contributed by atoms with Crippen molar-refractivity contribution in [3.8, 4) is 16.2 Å². The summed E-state index contributed by atoms with van der Waals surface area (Å²) in [5, 5.41) is 3.20. The van der Waals surface area contributed by atoms with Crippen LogP contribution in [0.5, 0.6) is 5.75 Å². The van der Waals surface area contributed by atoms with Gasteiger partial charge in [-0.2, -0.15) is 0 Å². The van der Waals surface area contributed by atoms with Gasteiger partial charge in [-0.3, -0.25) is 4.79 Å². The van der Waals surface area contributed by atoms with Crippen molar-refractivity contribution in [2.75, 3.05) is 32.1 Å². The summed E-state index contributed by atoms with van der Waals surface area (Å²) >= 11 is 1.62. The Kier molecular flexibility index (Phi) is 4.71. The molecule has 0 atom stereocenters. The first kappa shape index (κ1) is 16.8. The van der Waals surface area contributed by atoms with Gasteiger partial charge in [-0.25, -0.2) is 9.97 Å². The molecule has 6 nitrogen and oxygen atoms in total. The summed E-state index contributed by atoms with van der Waals surface area (Å²) in [5.41, 5.74) is 1.99. The third kappa shape index (κ3) is 3.35. The van der Waals surface area contributed by atoms with Crippen LogP contribution >= 0.6 is 11.3 Å². The minimum atomic E-state index is 0.126. The van der Waals surface area contributed by atoms with E-state index < -0.39 is 0 Å². The van der Waals surface area contributed by atoms with Crippen LogP contribution in [0.1, 0.15) is 12.8 Å². The highest BCUT2D eigenvalue weighted by atomic mass is 32.1. The van der Waals surface area contributed by atoms with E-state index in [2.05, 4.69) is 21.4 Å². The molecule has 26 heavy (non-hydrogen) atoms. The van der Waals surface area contributed by atoms with Gasteiger partial charge in [0.05, 0.1) is 23.9 Å². The molecule has 1 aromatic carbocycles. The Morgan fingerprint density at radius 1 is 1.23 bits per heavy atom. The van der Waals surface area contributed by atoms with Gasteiger partial charge in [-0.05, 0) is 48.7 Å². The van der Waals surface area contributed by atoms with E-state index in [1.165, 1.54) is 6.33 Å². The molecule has 2 aromatic heterocycles. The lowest BCUT2D eigenvalue weighted by Crippen LogP contribution is -2.33. The van der Waals surface area contributed by atoms with Crippen LogP contribution < -0.4 is 10.1 Å². The fourth-order valence-electron chi connectivity index (χ4n) is 3.12. The number of hydrogen-bond donors (Lipinski definition) is 1. The first-order valence-corrected chi connectivity index (χ1v) is 9.47. The number of ether oxygens (including phenoxy) is 1. The van der Waals surface area contributed by atoms with Gasteiger partial charge >= 0.3 is 0 Å². The number of hydrogen-bond acceptors (Lipinski definition) is 6. The predicted molar refractivity (Wildman–Crippen MR) is 104 cm³/mol. The summed E-state index contributed by atoms with van der Waals surface area (Å²) in [6.45, 7) is 1.99. The lowest BCUT2D eigenvalue weighted by Gasteiger charge is -2.15. The Hall–Kier alpha value is -2.67. The van der Waals surface area contributed by atoms with Gasteiger partial charge in [0, 0.05) is 18.0 Å². The highest BCUT2D eigenvalue weighted by molar-refractivity contribution is 7.22. The maximum atomic E-state index is 12.3. The molecule has 7 heteroatoms. The number of nitrogens with zero attached hydrogens (tertiary/aromatic N) is 3. The maximum absolute atomic E-state index is 12.3. The fourth-order valence-corrected chi connectivity index (χ4v) is 4.20. The summed E-state index contributed by atoms with van der Waals surface area (Å²) in [6, 6.07) is 10.00. The number of rotatable bonds is 5. The topological polar surface area (TPSA) is 67.4 Å². The predicted octanol–water partition coefficient (Wildman–Crippen LogP) is 3.40. The van der Waals surface area contributed by atoms with Crippen LogP contribution in [-0.4, -0.2) is 47.5 Å². The summed E-state index contributed by atoms with van der Waals surface area (Å²) in [4.78, 5) is 24.0. The second-order valence-electron chi connectivity index (χ2n) is 6.22. The van der Waals surface area contributed by atoms with Gasteiger partial charge in [-0.1, -0.05) is 0 Å². The minimum Gasteiger partial charge on any atom is -0.497 e. The molecule has 3 heterocycles. The first-order chi connectivity index (χ1) is 12.7. The molecule has 0 spiro atoms. The van der Waals surface area contributed by atoms with Crippen LogP contribution in [-0.2, 0) is 4.79 Å². The van der Waals surface area contributed by atoms with Crippen molar-refractivity contribution < 1.29 is 9.53 Å². The zero-order valence-corrected chi connectivity index (χ0v) is 15.4. The molecule has 1 N–H and O–H groups in total. The van der Waals surface area contributed by atoms with Crippen molar-refractivity contribution in [2.45, 2.75) is 12.8 Å². The molecule has 1 aliphatic heterocycles. The van der Waals surface area contributed by atoms with E-state index in [1.807, 2.05) is 29.2 Å². The average molecular weight is 368 g/mol. The van der Waals surface area contributed by atoms with Crippen LogP contribution in [0.25, 0.3) is 20.7 Å². The fraction of sp³-hybridized carbons (Fsp3) is 0.316. The van der Waals surface area contributed by atoms with Crippen LogP contribution in [0.15, 0.2) is 36.7 Å². The number of fused-ring (bicyclic) bond motifs is 1. The van der Waals surface area contributed by atoms with Gasteiger partial charge in [0.2, 0.25) is 5.91 Å². The third-order valence-corrected chi connectivity index (χ3v) is 5.73. The van der Waals surface area contributed by atoms with E-state index in [4.69, 9.17) is 4.74 Å². The molecule has 1 saturated heterocycles. The van der Waals surface area contributed by atoms with E-state index in [1.54, 1.807) is 18.4 Å². The van der Waals surface area contributed by atoms with Gasteiger partial charge in [-0.15, -0.1) is 11.3 Å². The molecule has 1 fully saturated rings. The normalized spacial score (nSPS) is 14.0. The zero-order valence-electron chi connectivity index (χ0n) is 14.6. The molecular weight excluding hydrogens is 348 g/mol. The lowest BCUT2D eigenvalue weighted by molar-refractivity contribution is -0.128. The number of carbonyl (C=O) groups is 1. The number of aromatic nitrogens is 2. The largest absolute Gasteiger partial charge is 0.497 e. The van der Waals surface area contributed by atoms with Crippen molar-refractivity contribution in [3.63, 3.8) is 0 Å². The van der Waals surface area contributed by atoms with Gasteiger partial charge in [0.25, 0.3) is 0 Å². The number of benzene rings is 1. The quantitative estimate of drug-likeness (QED) is 0.748. The second-order valence-corrected chi connectivity index (χ2v) is 7.27. The SMILES string of the molecule is COc1ccc(-c2cc3ncnc(NCC(=O)N4CCCC4)c3s2)cc1. The van der Waals surface area contributed by atoms with Gasteiger partial charge in [0.1, 0.15) is 17.9 Å². The second kappa shape index (κ2) is 7.29. The van der Waals surface area contributed by atoms with Crippen molar-refractivity contribution in [2.24, 2.45) is 0 Å². The molecule has 1 amide bonds. The average Bonchev–Trinajstić information content (AvgIpc) is 3.36. The van der Waals surface area contributed by atoms with Gasteiger partial charge < -0.3 is 15.0 Å². The van der Waals surface area contributed by atoms with Crippen LogP contribution in [0, 0.1) is 0 Å². The Morgan fingerprint density at radius 2 is 2.00 bits per heavy atom.